The topological polar surface area (TPSA) is 79.1 Å². The van der Waals surface area contributed by atoms with E-state index in [0.717, 1.165) is 29.9 Å². The van der Waals surface area contributed by atoms with Crippen molar-refractivity contribution in [2.45, 2.75) is 59.1 Å². The zero-order valence-corrected chi connectivity index (χ0v) is 24.9. The van der Waals surface area contributed by atoms with Crippen LogP contribution in [0.4, 0.5) is 10.5 Å². The van der Waals surface area contributed by atoms with Crippen LogP contribution in [-0.2, 0) is 9.53 Å². The van der Waals surface area contributed by atoms with E-state index in [1.165, 1.54) is 5.56 Å². The SMILES string of the molecule is Cc1ccc(N2CCN(C(=O)[C@@H]3CN(C(=O)OC(C)(C)C)C[C@H]3c3ccc(Cl)cc3)CC2)c([C@@H](N)C(C)C)c1. The molecule has 8 heteroatoms. The number of likely N-dealkylation sites (tertiary alicyclic amines) is 1. The van der Waals surface area contributed by atoms with E-state index in [2.05, 4.69) is 43.9 Å². The fraction of sp³-hybridized carbons (Fsp3) is 0.548. The molecule has 2 aromatic rings. The van der Waals surface area contributed by atoms with Crippen LogP contribution >= 0.6 is 11.6 Å². The summed E-state index contributed by atoms with van der Waals surface area (Å²) in [5.41, 5.74) is 10.5. The minimum atomic E-state index is -0.599. The van der Waals surface area contributed by atoms with Gasteiger partial charge in [0, 0.05) is 61.9 Å². The second-order valence-corrected chi connectivity index (χ2v) is 12.7. The number of rotatable bonds is 5. The van der Waals surface area contributed by atoms with Gasteiger partial charge >= 0.3 is 6.09 Å². The first kappa shape index (κ1) is 29.2. The van der Waals surface area contributed by atoms with Crippen molar-refractivity contribution in [2.24, 2.45) is 17.6 Å². The maximum atomic E-state index is 13.9. The van der Waals surface area contributed by atoms with Crippen LogP contribution < -0.4 is 10.6 Å². The van der Waals surface area contributed by atoms with E-state index in [1.54, 1.807) is 4.90 Å². The summed E-state index contributed by atoms with van der Waals surface area (Å²) in [6.45, 7) is 15.4. The fourth-order valence-corrected chi connectivity index (χ4v) is 5.69. The highest BCUT2D eigenvalue weighted by Crippen LogP contribution is 2.36. The Kier molecular flexibility index (Phi) is 8.82. The number of carbonyl (C=O) groups is 2. The molecule has 0 saturated carbocycles. The van der Waals surface area contributed by atoms with Gasteiger partial charge in [-0.15, -0.1) is 0 Å². The monoisotopic (exact) mass is 554 g/mol. The lowest BCUT2D eigenvalue weighted by molar-refractivity contribution is -0.135. The molecule has 3 atom stereocenters. The number of anilines is 1. The number of hydrogen-bond acceptors (Lipinski definition) is 5. The standard InChI is InChI=1S/C31H43ClN4O3/c1-20(2)28(33)24-17-21(3)7-12-27(24)34-13-15-35(16-14-34)29(37)26-19-36(30(38)39-31(4,5)6)18-25(26)22-8-10-23(32)11-9-22/h7-12,17,20,25-26,28H,13-16,18-19,33H2,1-6H3/t25-,26+,28-/m0/s1. The van der Waals surface area contributed by atoms with Crippen molar-refractivity contribution in [3.05, 3.63) is 64.2 Å². The Hall–Kier alpha value is -2.77. The lowest BCUT2D eigenvalue weighted by atomic mass is 9.88. The number of nitrogens with zero attached hydrogens (tertiary/aromatic N) is 3. The molecular formula is C31H43ClN4O3. The highest BCUT2D eigenvalue weighted by Gasteiger charge is 2.43. The van der Waals surface area contributed by atoms with Crippen LogP contribution in [0.25, 0.3) is 0 Å². The van der Waals surface area contributed by atoms with Gasteiger partial charge in [-0.3, -0.25) is 4.79 Å². The van der Waals surface area contributed by atoms with Gasteiger partial charge in [-0.2, -0.15) is 0 Å². The Morgan fingerprint density at radius 1 is 0.974 bits per heavy atom. The number of nitrogens with two attached hydrogens (primary N) is 1. The molecule has 0 bridgehead atoms. The summed E-state index contributed by atoms with van der Waals surface area (Å²) in [5, 5.41) is 0.646. The molecule has 2 aliphatic rings. The summed E-state index contributed by atoms with van der Waals surface area (Å²) < 4.78 is 5.64. The maximum Gasteiger partial charge on any atom is 0.410 e. The van der Waals surface area contributed by atoms with Crippen LogP contribution in [0.1, 0.15) is 63.3 Å². The van der Waals surface area contributed by atoms with E-state index in [1.807, 2.05) is 49.9 Å². The van der Waals surface area contributed by atoms with Crippen LogP contribution in [0.2, 0.25) is 5.02 Å². The minimum absolute atomic E-state index is 0.0444. The van der Waals surface area contributed by atoms with Crippen molar-refractivity contribution in [1.29, 1.82) is 0 Å². The van der Waals surface area contributed by atoms with Crippen molar-refractivity contribution in [3.8, 4) is 0 Å². The molecule has 39 heavy (non-hydrogen) atoms. The van der Waals surface area contributed by atoms with Gasteiger partial charge in [0.05, 0.1) is 5.92 Å². The van der Waals surface area contributed by atoms with Crippen molar-refractivity contribution in [2.75, 3.05) is 44.2 Å². The summed E-state index contributed by atoms with van der Waals surface area (Å²) in [5.74, 6) is -0.0419. The molecule has 0 aromatic heterocycles. The molecule has 2 saturated heterocycles. The first-order valence-corrected chi connectivity index (χ1v) is 14.3. The van der Waals surface area contributed by atoms with E-state index >= 15 is 0 Å². The van der Waals surface area contributed by atoms with Crippen molar-refractivity contribution in [3.63, 3.8) is 0 Å². The highest BCUT2D eigenvalue weighted by molar-refractivity contribution is 6.30. The highest BCUT2D eigenvalue weighted by atomic mass is 35.5. The first-order chi connectivity index (χ1) is 18.3. The predicted octanol–water partition coefficient (Wildman–Crippen LogP) is 5.60. The zero-order valence-electron chi connectivity index (χ0n) is 24.1. The predicted molar refractivity (Wildman–Crippen MR) is 157 cm³/mol. The Morgan fingerprint density at radius 3 is 2.21 bits per heavy atom. The molecule has 212 valence electrons. The van der Waals surface area contributed by atoms with Gasteiger partial charge < -0.3 is 25.2 Å². The molecule has 2 heterocycles. The molecule has 2 N–H and O–H groups in total. The molecule has 0 unspecified atom stereocenters. The molecule has 2 fully saturated rings. The number of ether oxygens (including phenoxy) is 1. The molecular weight excluding hydrogens is 512 g/mol. The van der Waals surface area contributed by atoms with Crippen molar-refractivity contribution in [1.82, 2.24) is 9.80 Å². The van der Waals surface area contributed by atoms with Gasteiger partial charge in [-0.25, -0.2) is 4.79 Å². The summed E-state index contributed by atoms with van der Waals surface area (Å²) in [6.07, 6.45) is -0.380. The van der Waals surface area contributed by atoms with Gasteiger partial charge in [0.25, 0.3) is 0 Å². The Bertz CT molecular complexity index is 1170. The molecule has 2 aromatic carbocycles. The summed E-state index contributed by atoms with van der Waals surface area (Å²) >= 11 is 6.14. The smallest absolute Gasteiger partial charge is 0.410 e. The van der Waals surface area contributed by atoms with Crippen molar-refractivity contribution < 1.29 is 14.3 Å². The molecule has 2 aliphatic heterocycles. The van der Waals surface area contributed by atoms with E-state index in [0.29, 0.717) is 37.1 Å². The number of benzene rings is 2. The molecule has 4 rings (SSSR count). The summed E-state index contributed by atoms with van der Waals surface area (Å²) in [4.78, 5) is 32.9. The lowest BCUT2D eigenvalue weighted by Gasteiger charge is -2.39. The summed E-state index contributed by atoms with van der Waals surface area (Å²) in [7, 11) is 0. The largest absolute Gasteiger partial charge is 0.444 e. The second kappa shape index (κ2) is 11.8. The van der Waals surface area contributed by atoms with Crippen LogP contribution in [0.3, 0.4) is 0 Å². The third kappa shape index (κ3) is 6.87. The fourth-order valence-electron chi connectivity index (χ4n) is 5.57. The Balaban J connectivity index is 1.50. The molecule has 2 amide bonds. The van der Waals surface area contributed by atoms with Gasteiger partial charge in [-0.1, -0.05) is 55.3 Å². The van der Waals surface area contributed by atoms with E-state index < -0.39 is 5.60 Å². The number of carbonyl (C=O) groups excluding carboxylic acids is 2. The average molecular weight is 555 g/mol. The first-order valence-electron chi connectivity index (χ1n) is 14.0. The Morgan fingerprint density at radius 2 is 1.62 bits per heavy atom. The second-order valence-electron chi connectivity index (χ2n) is 12.3. The third-order valence-corrected chi connectivity index (χ3v) is 8.03. The summed E-state index contributed by atoms with van der Waals surface area (Å²) in [6, 6.07) is 14.0. The van der Waals surface area contributed by atoms with Crippen molar-refractivity contribution >= 4 is 29.3 Å². The van der Waals surface area contributed by atoms with E-state index in [9.17, 15) is 9.59 Å². The van der Waals surface area contributed by atoms with E-state index in [4.69, 9.17) is 22.1 Å². The van der Waals surface area contributed by atoms with Gasteiger partial charge in [0.1, 0.15) is 5.60 Å². The van der Waals surface area contributed by atoms with Crippen LogP contribution in [0.15, 0.2) is 42.5 Å². The Labute approximate surface area is 238 Å². The number of halogens is 1. The average Bonchev–Trinajstić information content (AvgIpc) is 3.33. The third-order valence-electron chi connectivity index (χ3n) is 7.78. The van der Waals surface area contributed by atoms with E-state index in [-0.39, 0.29) is 29.9 Å². The van der Waals surface area contributed by atoms with Crippen LogP contribution in [0.5, 0.6) is 0 Å². The quantitative estimate of drug-likeness (QED) is 0.520. The molecule has 7 nitrogen and oxygen atoms in total. The van der Waals surface area contributed by atoms with Crippen LogP contribution in [-0.4, -0.2) is 66.7 Å². The maximum absolute atomic E-state index is 13.9. The van der Waals surface area contributed by atoms with Gasteiger partial charge in [-0.05, 0) is 62.9 Å². The minimum Gasteiger partial charge on any atom is -0.444 e. The normalized spacial score (nSPS) is 20.9. The number of amides is 2. The number of piperazine rings is 1. The van der Waals surface area contributed by atoms with Gasteiger partial charge in [0.2, 0.25) is 5.91 Å². The molecule has 0 aliphatic carbocycles. The number of hydrogen-bond donors (Lipinski definition) is 1. The number of aryl methyl sites for hydroxylation is 1. The lowest BCUT2D eigenvalue weighted by Crippen LogP contribution is -2.51. The van der Waals surface area contributed by atoms with Crippen LogP contribution in [0, 0.1) is 18.8 Å². The molecule has 0 spiro atoms. The zero-order chi connectivity index (χ0) is 28.5. The molecule has 0 radical (unpaired) electrons. The van der Waals surface area contributed by atoms with Gasteiger partial charge in [0.15, 0.2) is 0 Å².